The number of nitrogens with one attached hydrogen (secondary N) is 1. The minimum absolute atomic E-state index is 0.271. The first-order valence-corrected chi connectivity index (χ1v) is 8.16. The van der Waals surface area contributed by atoms with Gasteiger partial charge in [0.15, 0.2) is 0 Å². The second kappa shape index (κ2) is 4.92. The van der Waals surface area contributed by atoms with Gasteiger partial charge in [-0.05, 0) is 59.8 Å². The molecule has 6 heteroatoms. The van der Waals surface area contributed by atoms with Crippen molar-refractivity contribution in [2.75, 3.05) is 0 Å². The molecule has 0 bridgehead atoms. The fraction of sp³-hybridized carbons (Fsp3) is 0.500. The zero-order valence-electron chi connectivity index (χ0n) is 10.2. The molecule has 0 amide bonds. The third-order valence-corrected chi connectivity index (χ3v) is 5.97. The predicted octanol–water partition coefficient (Wildman–Crippen LogP) is 2.13. The Balaban J connectivity index is 2.29. The van der Waals surface area contributed by atoms with Crippen molar-refractivity contribution in [1.82, 2.24) is 4.72 Å². The lowest BCUT2D eigenvalue weighted by Crippen LogP contribution is -2.50. The van der Waals surface area contributed by atoms with Crippen LogP contribution in [0.25, 0.3) is 0 Å². The molecular formula is C12H17BrN2O2S. The van der Waals surface area contributed by atoms with E-state index < -0.39 is 10.0 Å². The van der Waals surface area contributed by atoms with Gasteiger partial charge in [-0.3, -0.25) is 0 Å². The Kier molecular flexibility index (Phi) is 3.82. The van der Waals surface area contributed by atoms with Crippen LogP contribution in [0.15, 0.2) is 27.6 Å². The second-order valence-corrected chi connectivity index (χ2v) is 7.49. The number of halogens is 1. The highest BCUT2D eigenvalue weighted by Gasteiger charge is 2.36. The second-order valence-electron chi connectivity index (χ2n) is 4.99. The van der Waals surface area contributed by atoms with Crippen molar-refractivity contribution < 1.29 is 8.42 Å². The number of benzene rings is 1. The van der Waals surface area contributed by atoms with Gasteiger partial charge in [0, 0.05) is 16.6 Å². The first kappa shape index (κ1) is 14.0. The van der Waals surface area contributed by atoms with E-state index in [1.165, 1.54) is 0 Å². The van der Waals surface area contributed by atoms with Gasteiger partial charge in [0.25, 0.3) is 0 Å². The quantitative estimate of drug-likeness (QED) is 0.887. The summed E-state index contributed by atoms with van der Waals surface area (Å²) in [7, 11) is -3.47. The van der Waals surface area contributed by atoms with Crippen LogP contribution in [0.4, 0.5) is 0 Å². The monoisotopic (exact) mass is 332 g/mol. The van der Waals surface area contributed by atoms with Crippen molar-refractivity contribution in [3.05, 3.63) is 28.2 Å². The molecule has 0 unspecified atom stereocenters. The molecule has 0 spiro atoms. The maximum absolute atomic E-state index is 12.3. The fourth-order valence-electron chi connectivity index (χ4n) is 2.08. The van der Waals surface area contributed by atoms with E-state index in [0.29, 0.717) is 11.0 Å². The topological polar surface area (TPSA) is 72.2 Å². The first-order chi connectivity index (χ1) is 8.36. The van der Waals surface area contributed by atoms with E-state index >= 15 is 0 Å². The standard InChI is InChI=1S/C12H17BrN2O2S/c1-12(5-2-6-12)15-18(16,17)11-4-3-9(8-14)7-10(11)13/h3-4,7,15H,2,5-6,8,14H2,1H3. The Labute approximate surface area is 116 Å². The van der Waals surface area contributed by atoms with Gasteiger partial charge >= 0.3 is 0 Å². The minimum Gasteiger partial charge on any atom is -0.326 e. The lowest BCUT2D eigenvalue weighted by Gasteiger charge is -2.38. The molecule has 4 nitrogen and oxygen atoms in total. The summed E-state index contributed by atoms with van der Waals surface area (Å²) in [6, 6.07) is 5.08. The molecule has 100 valence electrons. The van der Waals surface area contributed by atoms with E-state index in [9.17, 15) is 8.42 Å². The molecule has 1 saturated carbocycles. The molecule has 0 saturated heterocycles. The van der Waals surface area contributed by atoms with E-state index in [1.54, 1.807) is 18.2 Å². The molecule has 0 aromatic heterocycles. The first-order valence-electron chi connectivity index (χ1n) is 5.89. The molecular weight excluding hydrogens is 316 g/mol. The summed E-state index contributed by atoms with van der Waals surface area (Å²) in [6.45, 7) is 2.33. The van der Waals surface area contributed by atoms with Crippen molar-refractivity contribution >= 4 is 26.0 Å². The Morgan fingerprint density at radius 2 is 2.11 bits per heavy atom. The maximum Gasteiger partial charge on any atom is 0.242 e. The van der Waals surface area contributed by atoms with Gasteiger partial charge < -0.3 is 5.73 Å². The van der Waals surface area contributed by atoms with Gasteiger partial charge in [0.2, 0.25) is 10.0 Å². The Morgan fingerprint density at radius 1 is 1.44 bits per heavy atom. The third-order valence-electron chi connectivity index (χ3n) is 3.36. The lowest BCUT2D eigenvalue weighted by atomic mass is 9.80. The SMILES string of the molecule is CC1(NS(=O)(=O)c2ccc(CN)cc2Br)CCC1. The summed E-state index contributed by atoms with van der Waals surface area (Å²) >= 11 is 3.30. The van der Waals surface area contributed by atoms with Crippen LogP contribution in [0.3, 0.4) is 0 Å². The maximum atomic E-state index is 12.3. The molecule has 1 aromatic carbocycles. The molecule has 0 aliphatic heterocycles. The van der Waals surface area contributed by atoms with E-state index in [4.69, 9.17) is 5.73 Å². The Bertz CT molecular complexity index is 553. The van der Waals surface area contributed by atoms with Gasteiger partial charge in [-0.15, -0.1) is 0 Å². The normalized spacial score (nSPS) is 18.4. The van der Waals surface area contributed by atoms with Crippen LogP contribution in [0.1, 0.15) is 31.7 Å². The van der Waals surface area contributed by atoms with E-state index in [2.05, 4.69) is 20.7 Å². The van der Waals surface area contributed by atoms with E-state index in [0.717, 1.165) is 24.8 Å². The minimum atomic E-state index is -3.47. The largest absolute Gasteiger partial charge is 0.326 e. The highest BCUT2D eigenvalue weighted by atomic mass is 79.9. The van der Waals surface area contributed by atoms with Gasteiger partial charge in [0.05, 0.1) is 4.90 Å². The van der Waals surface area contributed by atoms with Crippen molar-refractivity contribution in [2.45, 2.75) is 43.2 Å². The average molecular weight is 333 g/mol. The number of hydrogen-bond donors (Lipinski definition) is 2. The number of sulfonamides is 1. The number of rotatable bonds is 4. The number of nitrogens with two attached hydrogens (primary N) is 1. The molecule has 0 heterocycles. The van der Waals surface area contributed by atoms with Crippen molar-refractivity contribution in [3.63, 3.8) is 0 Å². The molecule has 18 heavy (non-hydrogen) atoms. The molecule has 3 N–H and O–H groups in total. The lowest BCUT2D eigenvalue weighted by molar-refractivity contribution is 0.248. The Hall–Kier alpha value is -0.430. The van der Waals surface area contributed by atoms with Crippen LogP contribution in [-0.4, -0.2) is 14.0 Å². The molecule has 2 rings (SSSR count). The molecule has 1 aliphatic rings. The summed E-state index contributed by atoms with van der Waals surface area (Å²) in [5, 5.41) is 0. The van der Waals surface area contributed by atoms with Crippen molar-refractivity contribution in [1.29, 1.82) is 0 Å². The van der Waals surface area contributed by atoms with Crippen LogP contribution < -0.4 is 10.5 Å². The zero-order valence-corrected chi connectivity index (χ0v) is 12.6. The summed E-state index contributed by atoms with van der Waals surface area (Å²) in [4.78, 5) is 0.271. The van der Waals surface area contributed by atoms with Crippen LogP contribution in [0.2, 0.25) is 0 Å². The molecule has 1 aliphatic carbocycles. The summed E-state index contributed by atoms with van der Waals surface area (Å²) < 4.78 is 27.9. The van der Waals surface area contributed by atoms with Crippen molar-refractivity contribution in [2.24, 2.45) is 5.73 Å². The molecule has 1 aromatic rings. The summed E-state index contributed by atoms with van der Waals surface area (Å²) in [6.07, 6.45) is 2.86. The highest BCUT2D eigenvalue weighted by Crippen LogP contribution is 2.33. The predicted molar refractivity (Wildman–Crippen MR) is 74.6 cm³/mol. The smallest absolute Gasteiger partial charge is 0.242 e. The zero-order chi connectivity index (χ0) is 13.4. The van der Waals surface area contributed by atoms with Crippen LogP contribution in [0.5, 0.6) is 0 Å². The van der Waals surface area contributed by atoms with E-state index in [1.807, 2.05) is 6.92 Å². The molecule has 1 fully saturated rings. The van der Waals surface area contributed by atoms with Gasteiger partial charge in [-0.25, -0.2) is 13.1 Å². The van der Waals surface area contributed by atoms with Crippen LogP contribution >= 0.6 is 15.9 Å². The van der Waals surface area contributed by atoms with Crippen LogP contribution in [0, 0.1) is 0 Å². The molecule has 0 radical (unpaired) electrons. The number of hydrogen-bond acceptors (Lipinski definition) is 3. The van der Waals surface area contributed by atoms with Gasteiger partial charge in [-0.2, -0.15) is 0 Å². The van der Waals surface area contributed by atoms with Crippen molar-refractivity contribution in [3.8, 4) is 0 Å². The van der Waals surface area contributed by atoms with Crippen LogP contribution in [-0.2, 0) is 16.6 Å². The molecule has 0 atom stereocenters. The van der Waals surface area contributed by atoms with E-state index in [-0.39, 0.29) is 10.4 Å². The summed E-state index contributed by atoms with van der Waals surface area (Å²) in [5.41, 5.74) is 6.14. The summed E-state index contributed by atoms with van der Waals surface area (Å²) in [5.74, 6) is 0. The highest BCUT2D eigenvalue weighted by molar-refractivity contribution is 9.10. The van der Waals surface area contributed by atoms with Gasteiger partial charge in [-0.1, -0.05) is 6.07 Å². The average Bonchev–Trinajstić information content (AvgIpc) is 2.25. The fourth-order valence-corrected chi connectivity index (χ4v) is 4.67. The van der Waals surface area contributed by atoms with Gasteiger partial charge in [0.1, 0.15) is 0 Å². The Morgan fingerprint density at radius 3 is 2.56 bits per heavy atom. The third kappa shape index (κ3) is 2.77.